The van der Waals surface area contributed by atoms with Crippen LogP contribution in [-0.2, 0) is 16.6 Å². The fourth-order valence-electron chi connectivity index (χ4n) is 3.85. The Morgan fingerprint density at radius 1 is 1.46 bits per heavy atom. The normalized spacial score (nSPS) is 27.3. The third kappa shape index (κ3) is 3.48. The summed E-state index contributed by atoms with van der Waals surface area (Å²) in [6, 6.07) is 2.28. The second-order valence-electron chi connectivity index (χ2n) is 7.09. The molecule has 0 spiro atoms. The Morgan fingerprint density at radius 2 is 2.25 bits per heavy atom. The van der Waals surface area contributed by atoms with E-state index in [0.29, 0.717) is 6.61 Å². The zero-order valence-electron chi connectivity index (χ0n) is 14.9. The van der Waals surface area contributed by atoms with E-state index in [4.69, 9.17) is 4.74 Å². The van der Waals surface area contributed by atoms with Gasteiger partial charge in [0.1, 0.15) is 5.82 Å². The topological polar surface area (TPSA) is 59.4 Å². The monoisotopic (exact) mass is 332 g/mol. The molecule has 0 bridgehead atoms. The van der Waals surface area contributed by atoms with Gasteiger partial charge in [0.15, 0.2) is 0 Å². The molecule has 132 valence electrons. The van der Waals surface area contributed by atoms with Crippen LogP contribution in [0.5, 0.6) is 0 Å². The highest BCUT2D eigenvalue weighted by molar-refractivity contribution is 5.80. The molecular weight excluding hydrogens is 304 g/mol. The number of anilines is 1. The summed E-state index contributed by atoms with van der Waals surface area (Å²) in [6.07, 6.45) is 2.73. The van der Waals surface area contributed by atoms with E-state index in [1.165, 1.54) is 0 Å². The third-order valence-electron chi connectivity index (χ3n) is 4.98. The minimum Gasteiger partial charge on any atom is -0.373 e. The van der Waals surface area contributed by atoms with E-state index in [1.54, 1.807) is 0 Å². The number of carbonyl (C=O) groups is 1. The van der Waals surface area contributed by atoms with Gasteiger partial charge in [-0.05, 0) is 33.1 Å². The molecule has 0 aromatic carbocycles. The van der Waals surface area contributed by atoms with Crippen LogP contribution in [0, 0.1) is 12.8 Å². The fourth-order valence-corrected chi connectivity index (χ4v) is 3.85. The molecule has 6 heteroatoms. The highest BCUT2D eigenvalue weighted by Gasteiger charge is 2.36. The van der Waals surface area contributed by atoms with Crippen LogP contribution < -0.4 is 10.2 Å². The number of ether oxygens (including phenoxy) is 1. The van der Waals surface area contributed by atoms with Crippen LogP contribution in [-0.4, -0.2) is 47.5 Å². The molecule has 1 amide bonds. The van der Waals surface area contributed by atoms with Crippen LogP contribution in [0.1, 0.15) is 31.9 Å². The van der Waals surface area contributed by atoms with E-state index in [1.807, 2.05) is 25.6 Å². The Labute approximate surface area is 143 Å². The Hall–Kier alpha value is -1.82. The van der Waals surface area contributed by atoms with Crippen molar-refractivity contribution in [2.75, 3.05) is 24.6 Å². The maximum Gasteiger partial charge on any atom is 0.226 e. The Bertz CT molecular complexity index is 625. The second kappa shape index (κ2) is 6.97. The van der Waals surface area contributed by atoms with E-state index in [9.17, 15) is 4.79 Å². The summed E-state index contributed by atoms with van der Waals surface area (Å²) >= 11 is 0. The summed E-state index contributed by atoms with van der Waals surface area (Å²) in [5.41, 5.74) is 1.95. The minimum atomic E-state index is -0.135. The second-order valence-corrected chi connectivity index (χ2v) is 7.09. The van der Waals surface area contributed by atoms with Crippen molar-refractivity contribution in [1.29, 1.82) is 0 Å². The summed E-state index contributed by atoms with van der Waals surface area (Å²) in [4.78, 5) is 15.0. The molecule has 24 heavy (non-hydrogen) atoms. The lowest BCUT2D eigenvalue weighted by Gasteiger charge is -2.35. The van der Waals surface area contributed by atoms with Crippen LogP contribution in [0.25, 0.3) is 0 Å². The van der Waals surface area contributed by atoms with Crippen molar-refractivity contribution in [3.8, 4) is 0 Å². The average Bonchev–Trinajstić information content (AvgIpc) is 3.14. The van der Waals surface area contributed by atoms with Gasteiger partial charge in [0.2, 0.25) is 5.91 Å². The minimum absolute atomic E-state index is 0.100. The quantitative estimate of drug-likeness (QED) is 0.854. The number of piperidine rings is 1. The number of carbonyl (C=O) groups excluding carboxylic acids is 1. The predicted octanol–water partition coefficient (Wildman–Crippen LogP) is 1.79. The van der Waals surface area contributed by atoms with Crippen LogP contribution in [0.15, 0.2) is 18.2 Å². The summed E-state index contributed by atoms with van der Waals surface area (Å²) in [5.74, 6) is 1.13. The zero-order valence-corrected chi connectivity index (χ0v) is 14.9. The van der Waals surface area contributed by atoms with E-state index in [-0.39, 0.29) is 24.0 Å². The number of hydrogen-bond acceptors (Lipinski definition) is 4. The van der Waals surface area contributed by atoms with Crippen molar-refractivity contribution in [3.05, 3.63) is 23.9 Å². The third-order valence-corrected chi connectivity index (χ3v) is 4.98. The van der Waals surface area contributed by atoms with Crippen molar-refractivity contribution in [2.24, 2.45) is 13.0 Å². The Kier molecular flexibility index (Phi) is 4.94. The van der Waals surface area contributed by atoms with Gasteiger partial charge < -0.3 is 15.0 Å². The lowest BCUT2D eigenvalue weighted by atomic mass is 9.95. The molecule has 0 saturated carbocycles. The molecule has 1 N–H and O–H groups in total. The average molecular weight is 332 g/mol. The Balaban J connectivity index is 1.62. The molecule has 6 nitrogen and oxygen atoms in total. The first kappa shape index (κ1) is 17.0. The number of aryl methyl sites for hydroxylation is 2. The maximum absolute atomic E-state index is 12.7. The molecule has 0 aliphatic carbocycles. The van der Waals surface area contributed by atoms with Crippen LogP contribution in [0.3, 0.4) is 0 Å². The molecule has 0 radical (unpaired) electrons. The fraction of sp³-hybridized carbons (Fsp3) is 0.667. The molecule has 0 unspecified atom stereocenters. The van der Waals surface area contributed by atoms with Gasteiger partial charge in [-0.1, -0.05) is 12.2 Å². The van der Waals surface area contributed by atoms with E-state index < -0.39 is 0 Å². The molecular formula is C18H28N4O2. The van der Waals surface area contributed by atoms with Gasteiger partial charge >= 0.3 is 0 Å². The summed E-state index contributed by atoms with van der Waals surface area (Å²) in [7, 11) is 1.97. The molecule has 2 aliphatic rings. The number of rotatable bonds is 4. The number of amides is 1. The standard InChI is InChI=1S/C18H28N4O2/c1-12(2)17-15(7-9-24-17)18(23)19-14-6-5-8-22(11-14)16-10-13(3)20-21(16)4/h10,14-15,17H,1,5-9,11H2,2-4H3,(H,19,23)/t14-,15+,17+/m0/s1. The van der Waals surface area contributed by atoms with Crippen molar-refractivity contribution in [3.63, 3.8) is 0 Å². The van der Waals surface area contributed by atoms with Gasteiger partial charge in [0, 0.05) is 38.9 Å². The number of aromatic nitrogens is 2. The zero-order chi connectivity index (χ0) is 17.3. The predicted molar refractivity (Wildman–Crippen MR) is 94.0 cm³/mol. The number of nitrogens with zero attached hydrogens (tertiary/aromatic N) is 3. The van der Waals surface area contributed by atoms with Crippen LogP contribution in [0.2, 0.25) is 0 Å². The molecule has 1 aromatic rings. The number of hydrogen-bond donors (Lipinski definition) is 1. The van der Waals surface area contributed by atoms with E-state index in [2.05, 4.69) is 28.0 Å². The lowest BCUT2D eigenvalue weighted by Crippen LogP contribution is -2.50. The molecule has 3 heterocycles. The molecule has 3 atom stereocenters. The lowest BCUT2D eigenvalue weighted by molar-refractivity contribution is -0.126. The summed E-state index contributed by atoms with van der Waals surface area (Å²) in [5, 5.41) is 7.67. The molecule has 2 aliphatic heterocycles. The SMILES string of the molecule is C=C(C)[C@H]1OCC[C@H]1C(=O)N[C@H]1CCCN(c2cc(C)nn2C)C1. The molecule has 1 aromatic heterocycles. The van der Waals surface area contributed by atoms with E-state index in [0.717, 1.165) is 49.4 Å². The maximum atomic E-state index is 12.7. The smallest absolute Gasteiger partial charge is 0.226 e. The first-order valence-electron chi connectivity index (χ1n) is 8.78. The van der Waals surface area contributed by atoms with Crippen molar-refractivity contribution >= 4 is 11.7 Å². The highest BCUT2D eigenvalue weighted by Crippen LogP contribution is 2.27. The summed E-state index contributed by atoms with van der Waals surface area (Å²) < 4.78 is 7.58. The first-order valence-corrected chi connectivity index (χ1v) is 8.78. The van der Waals surface area contributed by atoms with Crippen LogP contribution in [0.4, 0.5) is 5.82 Å². The summed E-state index contributed by atoms with van der Waals surface area (Å²) in [6.45, 7) is 10.4. The van der Waals surface area contributed by atoms with Gasteiger partial charge in [0.25, 0.3) is 0 Å². The van der Waals surface area contributed by atoms with Gasteiger partial charge in [-0.15, -0.1) is 0 Å². The van der Waals surface area contributed by atoms with Crippen LogP contribution >= 0.6 is 0 Å². The van der Waals surface area contributed by atoms with Gasteiger partial charge in [-0.2, -0.15) is 5.10 Å². The molecule has 2 saturated heterocycles. The van der Waals surface area contributed by atoms with Crippen molar-refractivity contribution in [1.82, 2.24) is 15.1 Å². The van der Waals surface area contributed by atoms with Crippen molar-refractivity contribution < 1.29 is 9.53 Å². The van der Waals surface area contributed by atoms with Crippen molar-refractivity contribution in [2.45, 2.75) is 45.3 Å². The first-order chi connectivity index (χ1) is 11.5. The number of nitrogens with one attached hydrogen (secondary N) is 1. The largest absolute Gasteiger partial charge is 0.373 e. The highest BCUT2D eigenvalue weighted by atomic mass is 16.5. The molecule has 3 rings (SSSR count). The Morgan fingerprint density at radius 3 is 2.92 bits per heavy atom. The van der Waals surface area contributed by atoms with E-state index >= 15 is 0 Å². The van der Waals surface area contributed by atoms with Gasteiger partial charge in [-0.3, -0.25) is 9.48 Å². The van der Waals surface area contributed by atoms with Gasteiger partial charge in [-0.25, -0.2) is 0 Å². The molecule has 2 fully saturated rings. The van der Waals surface area contributed by atoms with Gasteiger partial charge in [0.05, 0.1) is 17.7 Å².